The highest BCUT2D eigenvalue weighted by molar-refractivity contribution is 5.20. The molecule has 0 unspecified atom stereocenters. The summed E-state index contributed by atoms with van der Waals surface area (Å²) in [6.07, 6.45) is 19.7. The summed E-state index contributed by atoms with van der Waals surface area (Å²) in [6, 6.07) is 10.2. The minimum atomic E-state index is 0.862. The number of unbranched alkanes of at least 4 members (excludes halogenated alkanes) is 12. The smallest absolute Gasteiger partial charge is 0.119 e. The predicted octanol–water partition coefficient (Wildman–Crippen LogP) is 8.18. The maximum atomic E-state index is 5.72. The number of hydrogen-bond donors (Lipinski definition) is 0. The van der Waals surface area contributed by atoms with Gasteiger partial charge in [0.2, 0.25) is 0 Å². The molecular weight excluding hydrogens is 304 g/mol. The van der Waals surface area contributed by atoms with Crippen LogP contribution in [0.1, 0.15) is 104 Å². The molecule has 1 aromatic rings. The maximum absolute atomic E-state index is 5.72. The van der Waals surface area contributed by atoms with Crippen molar-refractivity contribution in [1.82, 2.24) is 0 Å². The van der Waals surface area contributed by atoms with E-state index in [-0.39, 0.29) is 0 Å². The quantitative estimate of drug-likeness (QED) is 0.258. The van der Waals surface area contributed by atoms with E-state index in [0.717, 1.165) is 18.3 Å². The predicted molar refractivity (Wildman–Crippen MR) is 111 cm³/mol. The van der Waals surface area contributed by atoms with Crippen molar-refractivity contribution in [1.29, 1.82) is 0 Å². The summed E-state index contributed by atoms with van der Waals surface area (Å²) >= 11 is 0. The molecule has 0 aliphatic rings. The Morgan fingerprint density at radius 1 is 0.600 bits per heavy atom. The summed E-state index contributed by atoms with van der Waals surface area (Å²) in [5, 5.41) is 0. The van der Waals surface area contributed by atoms with Crippen LogP contribution in [0.5, 0.6) is 5.75 Å². The molecule has 1 aromatic carbocycles. The van der Waals surface area contributed by atoms with E-state index in [0.29, 0.717) is 0 Å². The van der Waals surface area contributed by atoms with Crippen molar-refractivity contribution in [2.45, 2.75) is 104 Å². The molecule has 0 saturated heterocycles. The van der Waals surface area contributed by atoms with E-state index in [9.17, 15) is 0 Å². The normalized spacial score (nSPS) is 11.2. The van der Waals surface area contributed by atoms with Crippen LogP contribution in [-0.2, 0) is 0 Å². The average molecular weight is 347 g/mol. The summed E-state index contributed by atoms with van der Waals surface area (Å²) < 4.78 is 5.72. The SMILES string of the molecule is CC(C)CCCCCCCCCCCCCCCOc1ccccc1. The van der Waals surface area contributed by atoms with Crippen molar-refractivity contribution in [2.24, 2.45) is 5.92 Å². The van der Waals surface area contributed by atoms with Gasteiger partial charge in [-0.3, -0.25) is 0 Å². The fourth-order valence-corrected chi connectivity index (χ4v) is 3.31. The van der Waals surface area contributed by atoms with Gasteiger partial charge in [0, 0.05) is 0 Å². The Labute approximate surface area is 157 Å². The van der Waals surface area contributed by atoms with Crippen LogP contribution < -0.4 is 4.74 Å². The Kier molecular flexibility index (Phi) is 14.5. The Morgan fingerprint density at radius 2 is 1.04 bits per heavy atom. The van der Waals surface area contributed by atoms with Crippen LogP contribution in [0.2, 0.25) is 0 Å². The van der Waals surface area contributed by atoms with Gasteiger partial charge in [0.15, 0.2) is 0 Å². The topological polar surface area (TPSA) is 9.23 Å². The zero-order chi connectivity index (χ0) is 18.0. The summed E-state index contributed by atoms with van der Waals surface area (Å²) in [6.45, 7) is 5.53. The molecule has 25 heavy (non-hydrogen) atoms. The highest BCUT2D eigenvalue weighted by atomic mass is 16.5. The van der Waals surface area contributed by atoms with Gasteiger partial charge < -0.3 is 4.74 Å². The summed E-state index contributed by atoms with van der Waals surface area (Å²) in [7, 11) is 0. The van der Waals surface area contributed by atoms with Crippen molar-refractivity contribution < 1.29 is 4.74 Å². The third kappa shape index (κ3) is 15.0. The lowest BCUT2D eigenvalue weighted by Gasteiger charge is -2.06. The molecule has 1 nitrogen and oxygen atoms in total. The Bertz CT molecular complexity index is 371. The number of rotatable bonds is 17. The first-order valence-corrected chi connectivity index (χ1v) is 11.0. The van der Waals surface area contributed by atoms with Crippen LogP contribution in [0.4, 0.5) is 0 Å². The lowest BCUT2D eigenvalue weighted by molar-refractivity contribution is 0.304. The zero-order valence-corrected chi connectivity index (χ0v) is 17.0. The highest BCUT2D eigenvalue weighted by Gasteiger charge is 1.96. The molecule has 0 atom stereocenters. The third-order valence-electron chi connectivity index (χ3n) is 4.94. The minimum Gasteiger partial charge on any atom is -0.494 e. The fourth-order valence-electron chi connectivity index (χ4n) is 3.31. The van der Waals surface area contributed by atoms with Crippen LogP contribution >= 0.6 is 0 Å². The molecule has 0 aliphatic heterocycles. The Morgan fingerprint density at radius 3 is 1.52 bits per heavy atom. The van der Waals surface area contributed by atoms with E-state index in [1.807, 2.05) is 30.3 Å². The van der Waals surface area contributed by atoms with Crippen LogP contribution in [0, 0.1) is 5.92 Å². The van der Waals surface area contributed by atoms with Gasteiger partial charge in [-0.2, -0.15) is 0 Å². The molecule has 0 bridgehead atoms. The molecule has 0 amide bonds. The van der Waals surface area contributed by atoms with Crippen LogP contribution in [0.25, 0.3) is 0 Å². The number of benzene rings is 1. The number of hydrogen-bond acceptors (Lipinski definition) is 1. The van der Waals surface area contributed by atoms with Crippen molar-refractivity contribution in [3.05, 3.63) is 30.3 Å². The first kappa shape index (κ1) is 22.1. The Hall–Kier alpha value is -0.980. The van der Waals surface area contributed by atoms with Gasteiger partial charge in [-0.05, 0) is 24.5 Å². The zero-order valence-electron chi connectivity index (χ0n) is 17.0. The molecule has 0 heterocycles. The largest absolute Gasteiger partial charge is 0.494 e. The lowest BCUT2D eigenvalue weighted by atomic mass is 10.0. The highest BCUT2D eigenvalue weighted by Crippen LogP contribution is 2.14. The monoisotopic (exact) mass is 346 g/mol. The average Bonchev–Trinajstić information content (AvgIpc) is 2.62. The molecule has 1 rings (SSSR count). The maximum Gasteiger partial charge on any atom is 0.119 e. The van der Waals surface area contributed by atoms with Crippen molar-refractivity contribution in [3.63, 3.8) is 0 Å². The van der Waals surface area contributed by atoms with E-state index in [1.165, 1.54) is 89.9 Å². The van der Waals surface area contributed by atoms with Gasteiger partial charge in [0.05, 0.1) is 6.61 Å². The van der Waals surface area contributed by atoms with E-state index in [1.54, 1.807) is 0 Å². The molecular formula is C24H42O. The molecule has 0 fully saturated rings. The lowest BCUT2D eigenvalue weighted by Crippen LogP contribution is -1.96. The minimum absolute atomic E-state index is 0.862. The van der Waals surface area contributed by atoms with Gasteiger partial charge >= 0.3 is 0 Å². The second-order valence-corrected chi connectivity index (χ2v) is 7.94. The third-order valence-corrected chi connectivity index (χ3v) is 4.94. The molecule has 0 aromatic heterocycles. The number of para-hydroxylation sites is 1. The van der Waals surface area contributed by atoms with E-state index in [4.69, 9.17) is 4.74 Å². The van der Waals surface area contributed by atoms with Crippen molar-refractivity contribution in [3.8, 4) is 5.75 Å². The second kappa shape index (κ2) is 16.5. The second-order valence-electron chi connectivity index (χ2n) is 7.94. The fraction of sp³-hybridized carbons (Fsp3) is 0.750. The van der Waals surface area contributed by atoms with Gasteiger partial charge in [0.1, 0.15) is 5.75 Å². The first-order valence-electron chi connectivity index (χ1n) is 11.0. The molecule has 0 radical (unpaired) electrons. The number of ether oxygens (including phenoxy) is 1. The first-order chi connectivity index (χ1) is 12.3. The molecule has 0 N–H and O–H groups in total. The van der Waals surface area contributed by atoms with E-state index < -0.39 is 0 Å². The summed E-state index contributed by atoms with van der Waals surface area (Å²) in [5.41, 5.74) is 0. The molecule has 1 heteroatoms. The van der Waals surface area contributed by atoms with Crippen LogP contribution in [0.15, 0.2) is 30.3 Å². The Balaban J connectivity index is 1.71. The van der Waals surface area contributed by atoms with Gasteiger partial charge in [-0.1, -0.05) is 116 Å². The molecule has 0 aliphatic carbocycles. The summed E-state index contributed by atoms with van der Waals surface area (Å²) in [4.78, 5) is 0. The molecule has 0 spiro atoms. The van der Waals surface area contributed by atoms with Crippen LogP contribution in [0.3, 0.4) is 0 Å². The van der Waals surface area contributed by atoms with Crippen LogP contribution in [-0.4, -0.2) is 6.61 Å². The molecule has 0 saturated carbocycles. The van der Waals surface area contributed by atoms with E-state index in [2.05, 4.69) is 13.8 Å². The van der Waals surface area contributed by atoms with Crippen molar-refractivity contribution >= 4 is 0 Å². The molecule has 144 valence electrons. The van der Waals surface area contributed by atoms with Gasteiger partial charge in [-0.15, -0.1) is 0 Å². The van der Waals surface area contributed by atoms with Gasteiger partial charge in [-0.25, -0.2) is 0 Å². The summed E-state index contributed by atoms with van der Waals surface area (Å²) in [5.74, 6) is 1.89. The van der Waals surface area contributed by atoms with Crippen molar-refractivity contribution in [2.75, 3.05) is 6.61 Å². The standard InChI is InChI=1S/C24H42O/c1-23(2)19-15-12-10-8-6-4-3-5-7-9-11-13-18-22-25-24-20-16-14-17-21-24/h14,16-17,20-21,23H,3-13,15,18-19,22H2,1-2H3. The van der Waals surface area contributed by atoms with E-state index >= 15 is 0 Å². The van der Waals surface area contributed by atoms with Gasteiger partial charge in [0.25, 0.3) is 0 Å².